The summed E-state index contributed by atoms with van der Waals surface area (Å²) in [7, 11) is 0. The van der Waals surface area contributed by atoms with Gasteiger partial charge in [0, 0.05) is 6.54 Å². The average molecular weight is 360 g/mol. The Morgan fingerprint density at radius 3 is 2.71 bits per heavy atom. The third-order valence-electron chi connectivity index (χ3n) is 2.60. The molecular weight excluding hydrogens is 351 g/mol. The minimum atomic E-state index is -0.983. The summed E-state index contributed by atoms with van der Waals surface area (Å²) in [5.41, 5.74) is 0.0738. The highest BCUT2D eigenvalue weighted by Crippen LogP contribution is 2.10. The third kappa shape index (κ3) is 4.01. The number of carbonyl (C=O) groups is 1. The molecule has 21 heavy (non-hydrogen) atoms. The van der Waals surface area contributed by atoms with Crippen LogP contribution in [-0.2, 0) is 6.42 Å². The van der Waals surface area contributed by atoms with Gasteiger partial charge in [-0.15, -0.1) is 0 Å². The lowest BCUT2D eigenvalue weighted by atomic mass is 10.1. The molecule has 0 aliphatic heterocycles. The Balaban J connectivity index is 1.95. The van der Waals surface area contributed by atoms with Crippen LogP contribution in [0, 0.1) is 17.6 Å². The van der Waals surface area contributed by atoms with E-state index in [1.807, 2.05) is 0 Å². The number of aromatic nitrogens is 2. The first kappa shape index (κ1) is 15.4. The molecule has 4 nitrogen and oxygen atoms in total. The zero-order valence-corrected chi connectivity index (χ0v) is 12.1. The van der Waals surface area contributed by atoms with Gasteiger partial charge >= 0.3 is 0 Å². The van der Waals surface area contributed by atoms with Crippen LogP contribution in [0.2, 0.25) is 0 Å². The van der Waals surface area contributed by atoms with E-state index < -0.39 is 29.2 Å². The fourth-order valence-electron chi connectivity index (χ4n) is 1.60. The highest BCUT2D eigenvalue weighted by molar-refractivity contribution is 9.10. The molecule has 1 amide bonds. The van der Waals surface area contributed by atoms with Gasteiger partial charge in [0.15, 0.2) is 17.3 Å². The molecule has 110 valence electrons. The number of amides is 1. The number of rotatable bonds is 4. The minimum absolute atomic E-state index is 0.123. The Kier molecular flexibility index (Phi) is 4.89. The van der Waals surface area contributed by atoms with Crippen LogP contribution >= 0.6 is 15.9 Å². The SMILES string of the molecule is O=C(NCCc1ccc(F)c(F)c1)c1nc(Br)cnc1F. The van der Waals surface area contributed by atoms with Gasteiger partial charge < -0.3 is 5.32 Å². The van der Waals surface area contributed by atoms with E-state index in [1.165, 1.54) is 6.07 Å². The summed E-state index contributed by atoms with van der Waals surface area (Å²) in [4.78, 5) is 18.8. The van der Waals surface area contributed by atoms with Crippen molar-refractivity contribution in [1.82, 2.24) is 15.3 Å². The lowest BCUT2D eigenvalue weighted by Gasteiger charge is -2.06. The zero-order valence-electron chi connectivity index (χ0n) is 10.5. The van der Waals surface area contributed by atoms with Crippen molar-refractivity contribution in [2.75, 3.05) is 6.54 Å². The van der Waals surface area contributed by atoms with Gasteiger partial charge in [-0.05, 0) is 40.0 Å². The topological polar surface area (TPSA) is 54.9 Å². The van der Waals surface area contributed by atoms with Crippen LogP contribution in [0.1, 0.15) is 16.1 Å². The standard InChI is InChI=1S/C13H9BrF3N3O/c14-10-6-19-12(17)11(20-10)13(21)18-4-3-7-1-2-8(15)9(16)5-7/h1-2,5-6H,3-4H2,(H,18,21). The summed E-state index contributed by atoms with van der Waals surface area (Å²) in [6, 6.07) is 3.46. The molecule has 2 aromatic rings. The molecule has 0 atom stereocenters. The fraction of sp³-hybridized carbons (Fsp3) is 0.154. The summed E-state index contributed by atoms with van der Waals surface area (Å²) >= 11 is 2.99. The van der Waals surface area contributed by atoms with Crippen molar-refractivity contribution in [3.05, 3.63) is 57.8 Å². The zero-order chi connectivity index (χ0) is 15.4. The molecule has 0 aliphatic carbocycles. The first-order valence-corrected chi connectivity index (χ1v) is 6.67. The van der Waals surface area contributed by atoms with Gasteiger partial charge in [0.2, 0.25) is 5.95 Å². The van der Waals surface area contributed by atoms with Crippen molar-refractivity contribution in [3.8, 4) is 0 Å². The molecule has 1 N–H and O–H groups in total. The second kappa shape index (κ2) is 6.66. The van der Waals surface area contributed by atoms with Gasteiger partial charge in [-0.2, -0.15) is 4.39 Å². The van der Waals surface area contributed by atoms with Crippen LogP contribution in [-0.4, -0.2) is 22.4 Å². The second-order valence-corrected chi connectivity index (χ2v) is 4.90. The third-order valence-corrected chi connectivity index (χ3v) is 2.98. The van der Waals surface area contributed by atoms with Gasteiger partial charge in [0.25, 0.3) is 5.91 Å². The maximum Gasteiger partial charge on any atom is 0.274 e. The van der Waals surface area contributed by atoms with E-state index in [0.717, 1.165) is 18.3 Å². The number of hydrogen-bond acceptors (Lipinski definition) is 3. The number of nitrogens with one attached hydrogen (secondary N) is 1. The van der Waals surface area contributed by atoms with E-state index >= 15 is 0 Å². The van der Waals surface area contributed by atoms with E-state index in [1.54, 1.807) is 0 Å². The number of hydrogen-bond donors (Lipinski definition) is 1. The first-order valence-electron chi connectivity index (χ1n) is 5.87. The van der Waals surface area contributed by atoms with Gasteiger partial charge in [-0.1, -0.05) is 6.07 Å². The Hall–Kier alpha value is -1.96. The Morgan fingerprint density at radius 1 is 1.24 bits per heavy atom. The number of benzene rings is 1. The number of halogens is 4. The molecule has 0 spiro atoms. The summed E-state index contributed by atoms with van der Waals surface area (Å²) in [6.45, 7) is 0.123. The van der Waals surface area contributed by atoms with Crippen molar-refractivity contribution < 1.29 is 18.0 Å². The molecule has 0 saturated heterocycles. The molecule has 1 aromatic carbocycles. The van der Waals surface area contributed by atoms with Crippen molar-refractivity contribution in [2.24, 2.45) is 0 Å². The first-order chi connectivity index (χ1) is 9.97. The van der Waals surface area contributed by atoms with Crippen LogP contribution in [0.3, 0.4) is 0 Å². The van der Waals surface area contributed by atoms with Gasteiger partial charge in [0.1, 0.15) is 4.60 Å². The Morgan fingerprint density at radius 2 is 2.00 bits per heavy atom. The van der Waals surface area contributed by atoms with Crippen molar-refractivity contribution in [2.45, 2.75) is 6.42 Å². The molecule has 1 aromatic heterocycles. The fourth-order valence-corrected chi connectivity index (χ4v) is 1.88. The van der Waals surface area contributed by atoms with Crippen LogP contribution < -0.4 is 5.32 Å². The maximum absolute atomic E-state index is 13.3. The van der Waals surface area contributed by atoms with Crippen LogP contribution in [0.4, 0.5) is 13.2 Å². The van der Waals surface area contributed by atoms with Crippen molar-refractivity contribution in [3.63, 3.8) is 0 Å². The monoisotopic (exact) mass is 359 g/mol. The van der Waals surface area contributed by atoms with E-state index in [9.17, 15) is 18.0 Å². The van der Waals surface area contributed by atoms with E-state index in [4.69, 9.17) is 0 Å². The van der Waals surface area contributed by atoms with Crippen molar-refractivity contribution >= 4 is 21.8 Å². The van der Waals surface area contributed by atoms with Gasteiger partial charge in [-0.25, -0.2) is 18.7 Å². The van der Waals surface area contributed by atoms with Gasteiger partial charge in [-0.3, -0.25) is 4.79 Å². The molecule has 0 aliphatic rings. The molecule has 8 heteroatoms. The number of carbonyl (C=O) groups excluding carboxylic acids is 1. The largest absolute Gasteiger partial charge is 0.350 e. The minimum Gasteiger partial charge on any atom is -0.350 e. The lowest BCUT2D eigenvalue weighted by molar-refractivity contribution is 0.0943. The predicted molar refractivity (Wildman–Crippen MR) is 72.1 cm³/mol. The average Bonchev–Trinajstić information content (AvgIpc) is 2.45. The van der Waals surface area contributed by atoms with E-state index in [-0.39, 0.29) is 17.6 Å². The number of nitrogens with zero attached hydrogens (tertiary/aromatic N) is 2. The Labute approximate surface area is 126 Å². The van der Waals surface area contributed by atoms with E-state index in [2.05, 4.69) is 31.2 Å². The van der Waals surface area contributed by atoms with Crippen LogP contribution in [0.5, 0.6) is 0 Å². The molecular formula is C13H9BrF3N3O. The predicted octanol–water partition coefficient (Wildman–Crippen LogP) is 2.63. The van der Waals surface area contributed by atoms with Crippen LogP contribution in [0.25, 0.3) is 0 Å². The summed E-state index contributed by atoms with van der Waals surface area (Å²) in [6.07, 6.45) is 1.40. The van der Waals surface area contributed by atoms with Gasteiger partial charge in [0.05, 0.1) is 6.20 Å². The molecule has 0 bridgehead atoms. The maximum atomic E-state index is 13.3. The molecule has 2 rings (SSSR count). The smallest absolute Gasteiger partial charge is 0.274 e. The Bertz CT molecular complexity index is 682. The molecule has 1 heterocycles. The molecule has 0 saturated carbocycles. The quantitative estimate of drug-likeness (QED) is 0.912. The van der Waals surface area contributed by atoms with Crippen LogP contribution in [0.15, 0.2) is 29.0 Å². The summed E-state index contributed by atoms with van der Waals surface area (Å²) in [5.74, 6) is -3.61. The summed E-state index contributed by atoms with van der Waals surface area (Å²) in [5, 5.41) is 2.43. The highest BCUT2D eigenvalue weighted by Gasteiger charge is 2.15. The molecule has 0 unspecified atom stereocenters. The normalized spacial score (nSPS) is 10.5. The molecule has 0 fully saturated rings. The highest BCUT2D eigenvalue weighted by atomic mass is 79.9. The van der Waals surface area contributed by atoms with E-state index in [0.29, 0.717) is 5.56 Å². The molecule has 0 radical (unpaired) electrons. The lowest BCUT2D eigenvalue weighted by Crippen LogP contribution is -2.28. The summed E-state index contributed by atoms with van der Waals surface area (Å²) < 4.78 is 39.3. The van der Waals surface area contributed by atoms with Crippen molar-refractivity contribution in [1.29, 1.82) is 0 Å². The second-order valence-electron chi connectivity index (χ2n) is 4.09.